The monoisotopic (exact) mass is 421 g/mol. The third kappa shape index (κ3) is 6.51. The van der Waals surface area contributed by atoms with E-state index in [2.05, 4.69) is 10.6 Å². The number of nitrogens with one attached hydrogen (secondary N) is 2. The summed E-state index contributed by atoms with van der Waals surface area (Å²) in [6.45, 7) is 4.19. The molecule has 0 saturated carbocycles. The first kappa shape index (κ1) is 22.2. The first-order valence-electron chi connectivity index (χ1n) is 9.08. The molecule has 0 aliphatic rings. The van der Waals surface area contributed by atoms with Crippen LogP contribution in [0.1, 0.15) is 30.5 Å². The van der Waals surface area contributed by atoms with Crippen LogP contribution in [0.2, 0.25) is 10.0 Å². The summed E-state index contributed by atoms with van der Waals surface area (Å²) >= 11 is 12.1. The third-order valence-corrected chi connectivity index (χ3v) is 4.91. The predicted molar refractivity (Wildman–Crippen MR) is 115 cm³/mol. The van der Waals surface area contributed by atoms with Crippen LogP contribution in [0.3, 0.4) is 0 Å². The van der Waals surface area contributed by atoms with Crippen LogP contribution in [-0.2, 0) is 9.59 Å². The number of anilines is 1. The second-order valence-electron chi connectivity index (χ2n) is 6.76. The molecule has 2 aromatic rings. The van der Waals surface area contributed by atoms with Gasteiger partial charge >= 0.3 is 0 Å². The zero-order valence-corrected chi connectivity index (χ0v) is 17.8. The van der Waals surface area contributed by atoms with Gasteiger partial charge in [-0.1, -0.05) is 66.0 Å². The molecular weight excluding hydrogens is 397 g/mol. The smallest absolute Gasteiger partial charge is 0.238 e. The van der Waals surface area contributed by atoms with E-state index in [1.807, 2.05) is 38.1 Å². The van der Waals surface area contributed by atoms with Crippen LogP contribution in [0.25, 0.3) is 0 Å². The molecule has 2 aromatic carbocycles. The summed E-state index contributed by atoms with van der Waals surface area (Å²) in [6, 6.07) is 13.0. The van der Waals surface area contributed by atoms with Crippen molar-refractivity contribution in [1.82, 2.24) is 10.2 Å². The lowest BCUT2D eigenvalue weighted by Gasteiger charge is -2.21. The van der Waals surface area contributed by atoms with E-state index in [0.717, 1.165) is 12.0 Å². The van der Waals surface area contributed by atoms with Crippen molar-refractivity contribution in [2.45, 2.75) is 26.3 Å². The maximum absolute atomic E-state index is 12.4. The van der Waals surface area contributed by atoms with Crippen molar-refractivity contribution >= 4 is 40.7 Å². The van der Waals surface area contributed by atoms with Crippen LogP contribution in [0.5, 0.6) is 0 Å². The molecule has 2 rings (SSSR count). The van der Waals surface area contributed by atoms with Gasteiger partial charge in [-0.05, 0) is 38.1 Å². The van der Waals surface area contributed by atoms with Gasteiger partial charge in [0.15, 0.2) is 0 Å². The Morgan fingerprint density at radius 3 is 2.14 bits per heavy atom. The lowest BCUT2D eigenvalue weighted by Crippen LogP contribution is -2.40. The molecule has 2 N–H and O–H groups in total. The quantitative estimate of drug-likeness (QED) is 0.661. The van der Waals surface area contributed by atoms with E-state index in [1.54, 1.807) is 30.1 Å². The van der Waals surface area contributed by atoms with Gasteiger partial charge in [0.2, 0.25) is 11.8 Å². The van der Waals surface area contributed by atoms with Crippen molar-refractivity contribution in [2.75, 3.05) is 25.5 Å². The highest BCUT2D eigenvalue weighted by molar-refractivity contribution is 6.39. The lowest BCUT2D eigenvalue weighted by atomic mass is 10.0. The minimum Gasteiger partial charge on any atom is -0.348 e. The molecule has 5 nitrogen and oxygen atoms in total. The van der Waals surface area contributed by atoms with Crippen molar-refractivity contribution in [3.63, 3.8) is 0 Å². The summed E-state index contributed by atoms with van der Waals surface area (Å²) in [5.74, 6) is -0.436. The van der Waals surface area contributed by atoms with Gasteiger partial charge in [-0.25, -0.2) is 0 Å². The number of hydrogen-bond donors (Lipinski definition) is 2. The van der Waals surface area contributed by atoms with Gasteiger partial charge in [0.25, 0.3) is 0 Å². The molecule has 0 aliphatic carbocycles. The molecule has 0 fully saturated rings. The minimum absolute atomic E-state index is 0.0380. The second kappa shape index (κ2) is 10.5. The zero-order chi connectivity index (χ0) is 20.7. The predicted octanol–water partition coefficient (Wildman–Crippen LogP) is 4.44. The van der Waals surface area contributed by atoms with Crippen molar-refractivity contribution in [1.29, 1.82) is 0 Å². The Bertz CT molecular complexity index is 805. The SMILES string of the molecule is CC[C@H](NC(=O)CN(C)CC(=O)Nc1c(Cl)cccc1Cl)c1ccc(C)cc1. The molecule has 0 heterocycles. The molecule has 0 bridgehead atoms. The van der Waals surface area contributed by atoms with E-state index in [0.29, 0.717) is 15.7 Å². The first-order valence-corrected chi connectivity index (χ1v) is 9.84. The van der Waals surface area contributed by atoms with Crippen molar-refractivity contribution in [3.8, 4) is 0 Å². The molecule has 7 heteroatoms. The summed E-state index contributed by atoms with van der Waals surface area (Å²) in [6.07, 6.45) is 0.782. The second-order valence-corrected chi connectivity index (χ2v) is 7.57. The van der Waals surface area contributed by atoms with Crippen molar-refractivity contribution in [2.24, 2.45) is 0 Å². The Labute approximate surface area is 176 Å². The number of nitrogens with zero attached hydrogens (tertiary/aromatic N) is 1. The highest BCUT2D eigenvalue weighted by Gasteiger charge is 2.16. The Kier molecular flexibility index (Phi) is 8.30. The zero-order valence-electron chi connectivity index (χ0n) is 16.3. The van der Waals surface area contributed by atoms with Crippen LogP contribution in [0, 0.1) is 6.92 Å². The number of halogens is 2. The van der Waals surface area contributed by atoms with E-state index in [4.69, 9.17) is 23.2 Å². The highest BCUT2D eigenvalue weighted by Crippen LogP contribution is 2.29. The Balaban J connectivity index is 1.87. The number of aryl methyl sites for hydroxylation is 1. The van der Waals surface area contributed by atoms with Gasteiger partial charge in [0.1, 0.15) is 0 Å². The van der Waals surface area contributed by atoms with Crippen molar-refractivity contribution in [3.05, 3.63) is 63.6 Å². The fraction of sp³-hybridized carbons (Fsp3) is 0.333. The van der Waals surface area contributed by atoms with E-state index in [9.17, 15) is 9.59 Å². The summed E-state index contributed by atoms with van der Waals surface area (Å²) in [5.41, 5.74) is 2.61. The fourth-order valence-corrected chi connectivity index (χ4v) is 3.29. The van der Waals surface area contributed by atoms with Gasteiger partial charge in [-0.2, -0.15) is 0 Å². The lowest BCUT2D eigenvalue weighted by molar-refractivity contribution is -0.123. The number of hydrogen-bond acceptors (Lipinski definition) is 3. The van der Waals surface area contributed by atoms with Gasteiger partial charge in [-0.15, -0.1) is 0 Å². The Morgan fingerprint density at radius 1 is 1.00 bits per heavy atom. The molecule has 0 spiro atoms. The topological polar surface area (TPSA) is 61.4 Å². The maximum Gasteiger partial charge on any atom is 0.238 e. The number of rotatable bonds is 8. The molecule has 1 atom stereocenters. The Morgan fingerprint density at radius 2 is 1.57 bits per heavy atom. The first-order chi connectivity index (χ1) is 13.3. The van der Waals surface area contributed by atoms with E-state index in [-0.39, 0.29) is 30.9 Å². The number of amides is 2. The standard InChI is InChI=1S/C21H25Cl2N3O2/c1-4-18(15-10-8-14(2)9-11-15)24-19(27)12-26(3)13-20(28)25-21-16(22)6-5-7-17(21)23/h5-11,18H,4,12-13H2,1-3H3,(H,24,27)(H,25,28)/t18-/m0/s1. The van der Waals surface area contributed by atoms with Crippen LogP contribution in [0.15, 0.2) is 42.5 Å². The summed E-state index contributed by atoms with van der Waals surface area (Å²) < 4.78 is 0. The fourth-order valence-electron chi connectivity index (χ4n) is 2.80. The highest BCUT2D eigenvalue weighted by atomic mass is 35.5. The molecule has 0 radical (unpaired) electrons. The van der Waals surface area contributed by atoms with Gasteiger partial charge in [0.05, 0.1) is 34.9 Å². The summed E-state index contributed by atoms with van der Waals surface area (Å²) in [4.78, 5) is 26.3. The van der Waals surface area contributed by atoms with Gasteiger partial charge in [0, 0.05) is 0 Å². The van der Waals surface area contributed by atoms with Gasteiger partial charge in [-0.3, -0.25) is 14.5 Å². The molecule has 150 valence electrons. The number of carbonyl (C=O) groups is 2. The van der Waals surface area contributed by atoms with Crippen LogP contribution >= 0.6 is 23.2 Å². The molecule has 0 aliphatic heterocycles. The van der Waals surface area contributed by atoms with Crippen molar-refractivity contribution < 1.29 is 9.59 Å². The van der Waals surface area contributed by atoms with E-state index >= 15 is 0 Å². The van der Waals surface area contributed by atoms with Crippen LogP contribution in [0.4, 0.5) is 5.69 Å². The van der Waals surface area contributed by atoms with Crippen LogP contribution < -0.4 is 10.6 Å². The Hall–Kier alpha value is -2.08. The number of para-hydroxylation sites is 1. The van der Waals surface area contributed by atoms with E-state index in [1.165, 1.54) is 5.56 Å². The molecule has 0 unspecified atom stereocenters. The normalized spacial score (nSPS) is 11.9. The number of likely N-dealkylation sites (N-methyl/N-ethyl adjacent to an activating group) is 1. The number of carbonyl (C=O) groups excluding carboxylic acids is 2. The third-order valence-electron chi connectivity index (χ3n) is 4.28. The van der Waals surface area contributed by atoms with Crippen LogP contribution in [-0.4, -0.2) is 36.9 Å². The summed E-state index contributed by atoms with van der Waals surface area (Å²) in [5, 5.41) is 6.44. The summed E-state index contributed by atoms with van der Waals surface area (Å²) in [7, 11) is 1.71. The molecule has 0 aromatic heterocycles. The largest absolute Gasteiger partial charge is 0.348 e. The molecule has 2 amide bonds. The van der Waals surface area contributed by atoms with E-state index < -0.39 is 0 Å². The molecular formula is C21H25Cl2N3O2. The molecule has 0 saturated heterocycles. The minimum atomic E-state index is -0.295. The maximum atomic E-state index is 12.4. The van der Waals surface area contributed by atoms with Gasteiger partial charge < -0.3 is 10.6 Å². The average Bonchev–Trinajstić information content (AvgIpc) is 2.63. The number of benzene rings is 2. The molecule has 28 heavy (non-hydrogen) atoms. The average molecular weight is 422 g/mol.